The standard InChI is InChI=1S/C15H15ClFNO/c1-18(13-4-3-5-14(9-13)19-2)15-7-6-12(17)8-11(15)10-16/h3-9H,10H2,1-2H3. The Morgan fingerprint density at radius 2 is 2.00 bits per heavy atom. The molecule has 0 fully saturated rings. The van der Waals surface area contributed by atoms with Crippen LogP contribution in [-0.2, 0) is 5.88 Å². The Labute approximate surface area is 117 Å². The fraction of sp³-hybridized carbons (Fsp3) is 0.200. The van der Waals surface area contributed by atoms with Crippen molar-refractivity contribution in [1.82, 2.24) is 0 Å². The van der Waals surface area contributed by atoms with Gasteiger partial charge in [0.2, 0.25) is 0 Å². The highest BCUT2D eigenvalue weighted by Gasteiger charge is 2.10. The smallest absolute Gasteiger partial charge is 0.123 e. The van der Waals surface area contributed by atoms with Crippen LogP contribution in [0, 0.1) is 5.82 Å². The summed E-state index contributed by atoms with van der Waals surface area (Å²) < 4.78 is 18.4. The van der Waals surface area contributed by atoms with Crippen LogP contribution in [0.1, 0.15) is 5.56 Å². The predicted octanol–water partition coefficient (Wildman–Crippen LogP) is 4.34. The van der Waals surface area contributed by atoms with Gasteiger partial charge in [0, 0.05) is 30.4 Å². The van der Waals surface area contributed by atoms with Gasteiger partial charge in [0.05, 0.1) is 7.11 Å². The van der Waals surface area contributed by atoms with Crippen LogP contribution in [-0.4, -0.2) is 14.2 Å². The summed E-state index contributed by atoms with van der Waals surface area (Å²) in [5.41, 5.74) is 2.59. The van der Waals surface area contributed by atoms with E-state index in [0.29, 0.717) is 0 Å². The minimum absolute atomic E-state index is 0.265. The number of hydrogen-bond donors (Lipinski definition) is 0. The average Bonchev–Trinajstić information content (AvgIpc) is 2.46. The summed E-state index contributed by atoms with van der Waals surface area (Å²) in [4.78, 5) is 1.96. The molecule has 0 radical (unpaired) electrons. The topological polar surface area (TPSA) is 12.5 Å². The van der Waals surface area contributed by atoms with Crippen molar-refractivity contribution >= 4 is 23.0 Å². The molecule has 0 saturated heterocycles. The zero-order chi connectivity index (χ0) is 13.8. The molecule has 0 bridgehead atoms. The lowest BCUT2D eigenvalue weighted by atomic mass is 10.1. The molecule has 2 rings (SSSR count). The van der Waals surface area contributed by atoms with E-state index < -0.39 is 0 Å². The third-order valence-corrected chi connectivity index (χ3v) is 3.28. The van der Waals surface area contributed by atoms with Gasteiger partial charge >= 0.3 is 0 Å². The van der Waals surface area contributed by atoms with Crippen molar-refractivity contribution in [2.75, 3.05) is 19.1 Å². The van der Waals surface area contributed by atoms with Crippen LogP contribution in [0.5, 0.6) is 5.75 Å². The quantitative estimate of drug-likeness (QED) is 0.772. The summed E-state index contributed by atoms with van der Waals surface area (Å²) in [5.74, 6) is 0.763. The van der Waals surface area contributed by atoms with E-state index in [1.807, 2.05) is 36.2 Å². The first-order valence-corrected chi connectivity index (χ1v) is 6.41. The van der Waals surface area contributed by atoms with Gasteiger partial charge in [0.1, 0.15) is 11.6 Å². The molecule has 0 aliphatic heterocycles. The lowest BCUT2D eigenvalue weighted by molar-refractivity contribution is 0.415. The Hall–Kier alpha value is -1.74. The highest BCUT2D eigenvalue weighted by molar-refractivity contribution is 6.17. The summed E-state index contributed by atoms with van der Waals surface area (Å²) in [5, 5.41) is 0. The molecular weight excluding hydrogens is 265 g/mol. The summed E-state index contributed by atoms with van der Waals surface area (Å²) in [6.07, 6.45) is 0. The maximum Gasteiger partial charge on any atom is 0.123 e. The Morgan fingerprint density at radius 1 is 1.21 bits per heavy atom. The summed E-state index contributed by atoms with van der Waals surface area (Å²) in [7, 11) is 3.54. The number of alkyl halides is 1. The molecular formula is C15H15ClFNO. The molecule has 0 atom stereocenters. The second-order valence-corrected chi connectivity index (χ2v) is 4.43. The second-order valence-electron chi connectivity index (χ2n) is 4.17. The lowest BCUT2D eigenvalue weighted by Crippen LogP contribution is -2.11. The van der Waals surface area contributed by atoms with Gasteiger partial charge in [-0.1, -0.05) is 6.07 Å². The van der Waals surface area contributed by atoms with Crippen molar-refractivity contribution in [2.24, 2.45) is 0 Å². The molecule has 2 aromatic rings. The van der Waals surface area contributed by atoms with Gasteiger partial charge < -0.3 is 9.64 Å². The third kappa shape index (κ3) is 2.99. The number of anilines is 2. The second kappa shape index (κ2) is 5.93. The molecule has 2 nitrogen and oxygen atoms in total. The van der Waals surface area contributed by atoms with E-state index in [9.17, 15) is 4.39 Å². The molecule has 0 aliphatic rings. The average molecular weight is 280 g/mol. The van der Waals surface area contributed by atoms with Crippen LogP contribution in [0.4, 0.5) is 15.8 Å². The predicted molar refractivity (Wildman–Crippen MR) is 77.0 cm³/mol. The lowest BCUT2D eigenvalue weighted by Gasteiger charge is -2.22. The maximum atomic E-state index is 13.2. The zero-order valence-electron chi connectivity index (χ0n) is 10.9. The minimum Gasteiger partial charge on any atom is -0.497 e. The molecule has 2 aromatic carbocycles. The highest BCUT2D eigenvalue weighted by Crippen LogP contribution is 2.30. The van der Waals surface area contributed by atoms with Crippen LogP contribution >= 0.6 is 11.6 Å². The number of nitrogens with zero attached hydrogens (tertiary/aromatic N) is 1. The molecule has 19 heavy (non-hydrogen) atoms. The van der Waals surface area contributed by atoms with Crippen molar-refractivity contribution in [3.8, 4) is 5.75 Å². The van der Waals surface area contributed by atoms with E-state index in [-0.39, 0.29) is 11.7 Å². The van der Waals surface area contributed by atoms with E-state index in [2.05, 4.69) is 0 Å². The van der Waals surface area contributed by atoms with E-state index in [1.165, 1.54) is 12.1 Å². The van der Waals surface area contributed by atoms with Crippen molar-refractivity contribution in [2.45, 2.75) is 5.88 Å². The van der Waals surface area contributed by atoms with Crippen molar-refractivity contribution < 1.29 is 9.13 Å². The number of hydrogen-bond acceptors (Lipinski definition) is 2. The normalized spacial score (nSPS) is 10.3. The molecule has 0 aliphatic carbocycles. The van der Waals surface area contributed by atoms with E-state index in [0.717, 1.165) is 22.7 Å². The number of halogens is 2. The summed E-state index contributed by atoms with van der Waals surface area (Å²) in [6.45, 7) is 0. The van der Waals surface area contributed by atoms with Crippen LogP contribution in [0.3, 0.4) is 0 Å². The van der Waals surface area contributed by atoms with Crippen molar-refractivity contribution in [1.29, 1.82) is 0 Å². The van der Waals surface area contributed by atoms with Gasteiger partial charge in [-0.2, -0.15) is 0 Å². The van der Waals surface area contributed by atoms with Crippen LogP contribution in [0.25, 0.3) is 0 Å². The van der Waals surface area contributed by atoms with Gasteiger partial charge in [-0.15, -0.1) is 11.6 Å². The fourth-order valence-corrected chi connectivity index (χ4v) is 2.16. The molecule has 0 N–H and O–H groups in total. The van der Waals surface area contributed by atoms with E-state index in [4.69, 9.17) is 16.3 Å². The minimum atomic E-state index is -0.279. The number of ether oxygens (including phenoxy) is 1. The van der Waals surface area contributed by atoms with E-state index in [1.54, 1.807) is 13.2 Å². The van der Waals surface area contributed by atoms with Gasteiger partial charge in [-0.3, -0.25) is 0 Å². The molecule has 100 valence electrons. The zero-order valence-corrected chi connectivity index (χ0v) is 11.6. The Bertz CT molecular complexity index is 574. The fourth-order valence-electron chi connectivity index (χ4n) is 1.95. The maximum absolute atomic E-state index is 13.2. The van der Waals surface area contributed by atoms with Crippen LogP contribution in [0.2, 0.25) is 0 Å². The number of benzene rings is 2. The van der Waals surface area contributed by atoms with Crippen LogP contribution in [0.15, 0.2) is 42.5 Å². The first-order chi connectivity index (χ1) is 9.15. The molecule has 0 unspecified atom stereocenters. The van der Waals surface area contributed by atoms with Crippen LogP contribution < -0.4 is 9.64 Å². The monoisotopic (exact) mass is 279 g/mol. The summed E-state index contributed by atoms with van der Waals surface area (Å²) in [6, 6.07) is 12.3. The van der Waals surface area contributed by atoms with Crippen molar-refractivity contribution in [3.63, 3.8) is 0 Å². The van der Waals surface area contributed by atoms with Gasteiger partial charge in [0.15, 0.2) is 0 Å². The van der Waals surface area contributed by atoms with Gasteiger partial charge in [0.25, 0.3) is 0 Å². The molecule has 4 heteroatoms. The SMILES string of the molecule is COc1cccc(N(C)c2ccc(F)cc2CCl)c1. The molecule has 0 saturated carbocycles. The van der Waals surface area contributed by atoms with E-state index >= 15 is 0 Å². The van der Waals surface area contributed by atoms with Crippen molar-refractivity contribution in [3.05, 3.63) is 53.8 Å². The largest absolute Gasteiger partial charge is 0.497 e. The first kappa shape index (κ1) is 13.7. The first-order valence-electron chi connectivity index (χ1n) is 5.88. The van der Waals surface area contributed by atoms with Gasteiger partial charge in [-0.25, -0.2) is 4.39 Å². The Balaban J connectivity index is 2.40. The molecule has 0 aromatic heterocycles. The molecule has 0 spiro atoms. The third-order valence-electron chi connectivity index (χ3n) is 2.99. The highest BCUT2D eigenvalue weighted by atomic mass is 35.5. The number of methoxy groups -OCH3 is 1. The Morgan fingerprint density at radius 3 is 2.68 bits per heavy atom. The Kier molecular flexibility index (Phi) is 4.27. The molecule has 0 heterocycles. The number of rotatable bonds is 4. The molecule has 0 amide bonds. The summed E-state index contributed by atoms with van der Waals surface area (Å²) >= 11 is 5.88. The van der Waals surface area contributed by atoms with Gasteiger partial charge in [-0.05, 0) is 35.9 Å².